The van der Waals surface area contributed by atoms with E-state index in [4.69, 9.17) is 9.97 Å². The summed E-state index contributed by atoms with van der Waals surface area (Å²) >= 11 is 0. The lowest BCUT2D eigenvalue weighted by Crippen LogP contribution is -1.94. The fourth-order valence-electron chi connectivity index (χ4n) is 8.35. The van der Waals surface area contributed by atoms with E-state index in [9.17, 15) is 0 Å². The Balaban J connectivity index is 0.882. The zero-order valence-electron chi connectivity index (χ0n) is 29.9. The first-order valence-electron chi connectivity index (χ1n) is 18.7. The molecule has 9 aromatic carbocycles. The topological polar surface area (TPSA) is 30.7 Å². The summed E-state index contributed by atoms with van der Waals surface area (Å²) in [6, 6.07) is 69.6. The van der Waals surface area contributed by atoms with Gasteiger partial charge in [-0.15, -0.1) is 0 Å². The largest absolute Gasteiger partial charge is 0.309 e. The minimum absolute atomic E-state index is 0.871. The molecule has 0 bridgehead atoms. The van der Waals surface area contributed by atoms with Crippen molar-refractivity contribution in [1.82, 2.24) is 14.5 Å². The molecule has 55 heavy (non-hydrogen) atoms. The average molecular weight is 700 g/mol. The van der Waals surface area contributed by atoms with Crippen LogP contribution in [-0.4, -0.2) is 14.5 Å². The second-order valence-corrected chi connectivity index (χ2v) is 14.2. The molecular formula is C52H33N3. The summed E-state index contributed by atoms with van der Waals surface area (Å²) in [4.78, 5) is 10.1. The molecule has 0 atom stereocenters. The maximum absolute atomic E-state index is 5.18. The van der Waals surface area contributed by atoms with Crippen LogP contribution in [0.1, 0.15) is 0 Å². The van der Waals surface area contributed by atoms with Crippen molar-refractivity contribution in [2.45, 2.75) is 0 Å². The molecule has 0 aliphatic rings. The number of fused-ring (bicyclic) bond motifs is 9. The van der Waals surface area contributed by atoms with Gasteiger partial charge in [-0.05, 0) is 74.5 Å². The maximum Gasteiger partial charge on any atom is 0.0979 e. The zero-order valence-corrected chi connectivity index (χ0v) is 29.9. The van der Waals surface area contributed by atoms with Crippen LogP contribution in [0.25, 0.3) is 105 Å². The van der Waals surface area contributed by atoms with Crippen molar-refractivity contribution in [1.29, 1.82) is 0 Å². The Hall–Kier alpha value is -7.36. The van der Waals surface area contributed by atoms with Gasteiger partial charge in [-0.25, -0.2) is 4.98 Å². The summed E-state index contributed by atoms with van der Waals surface area (Å²) in [5, 5.41) is 7.20. The third kappa shape index (κ3) is 5.20. The Bertz CT molecular complexity index is 3160. The molecule has 0 spiro atoms. The second kappa shape index (κ2) is 12.6. The summed E-state index contributed by atoms with van der Waals surface area (Å²) < 4.78 is 2.38. The maximum atomic E-state index is 5.18. The standard InChI is InChI=1S/C52H33N3/c1-3-19-46-42(15-1)43-16-2-4-20-47(43)52-51(46)53-33-48(54-52)37-29-27-35(28-30-37)34-23-25-36(26-24-34)38-11-9-12-39(31-38)40-13-10-14-41(32-40)55-49-21-7-5-17-44(49)45-18-6-8-22-50(45)55/h1-33H. The van der Waals surface area contributed by atoms with Gasteiger partial charge in [0.2, 0.25) is 0 Å². The zero-order chi connectivity index (χ0) is 36.3. The van der Waals surface area contributed by atoms with Crippen molar-refractivity contribution in [3.8, 4) is 50.3 Å². The van der Waals surface area contributed by atoms with Crippen LogP contribution in [0.4, 0.5) is 0 Å². The van der Waals surface area contributed by atoms with E-state index < -0.39 is 0 Å². The Morgan fingerprint density at radius 2 is 0.745 bits per heavy atom. The number of para-hydroxylation sites is 2. The summed E-state index contributed by atoms with van der Waals surface area (Å²) in [7, 11) is 0. The Morgan fingerprint density at radius 3 is 1.35 bits per heavy atom. The number of hydrogen-bond donors (Lipinski definition) is 0. The highest BCUT2D eigenvalue weighted by Crippen LogP contribution is 2.36. The van der Waals surface area contributed by atoms with Gasteiger partial charge in [-0.3, -0.25) is 4.98 Å². The van der Waals surface area contributed by atoms with Crippen molar-refractivity contribution in [2.24, 2.45) is 0 Å². The van der Waals surface area contributed by atoms with Gasteiger partial charge in [0, 0.05) is 32.8 Å². The molecule has 2 heterocycles. The first kappa shape index (κ1) is 31.2. The van der Waals surface area contributed by atoms with Crippen molar-refractivity contribution in [3.63, 3.8) is 0 Å². The molecule has 3 nitrogen and oxygen atoms in total. The van der Waals surface area contributed by atoms with Crippen LogP contribution in [0.2, 0.25) is 0 Å². The van der Waals surface area contributed by atoms with Crippen LogP contribution >= 0.6 is 0 Å². The van der Waals surface area contributed by atoms with Crippen LogP contribution in [0, 0.1) is 0 Å². The number of aromatic nitrogens is 3. The molecule has 0 N–H and O–H groups in total. The molecule has 256 valence electrons. The molecule has 0 fully saturated rings. The van der Waals surface area contributed by atoms with E-state index in [0.717, 1.165) is 44.3 Å². The Morgan fingerprint density at radius 1 is 0.309 bits per heavy atom. The lowest BCUT2D eigenvalue weighted by atomic mass is 9.96. The average Bonchev–Trinajstić information content (AvgIpc) is 3.61. The summed E-state index contributed by atoms with van der Waals surface area (Å²) in [6.07, 6.45) is 1.90. The van der Waals surface area contributed by atoms with Crippen LogP contribution < -0.4 is 0 Å². The number of nitrogens with zero attached hydrogens (tertiary/aromatic N) is 3. The highest BCUT2D eigenvalue weighted by atomic mass is 15.0. The van der Waals surface area contributed by atoms with Gasteiger partial charge in [0.25, 0.3) is 0 Å². The van der Waals surface area contributed by atoms with Crippen molar-refractivity contribution >= 4 is 54.4 Å². The molecule has 0 aliphatic carbocycles. The van der Waals surface area contributed by atoms with E-state index in [2.05, 4.69) is 199 Å². The lowest BCUT2D eigenvalue weighted by molar-refractivity contribution is 1.18. The lowest BCUT2D eigenvalue weighted by Gasteiger charge is -2.12. The van der Waals surface area contributed by atoms with E-state index >= 15 is 0 Å². The van der Waals surface area contributed by atoms with Gasteiger partial charge in [0.1, 0.15) is 0 Å². The molecule has 0 saturated heterocycles. The summed E-state index contributed by atoms with van der Waals surface area (Å²) in [5.74, 6) is 0. The van der Waals surface area contributed by atoms with E-state index in [-0.39, 0.29) is 0 Å². The predicted molar refractivity (Wildman–Crippen MR) is 231 cm³/mol. The van der Waals surface area contributed by atoms with Crippen LogP contribution in [-0.2, 0) is 0 Å². The number of rotatable bonds is 5. The van der Waals surface area contributed by atoms with Gasteiger partial charge < -0.3 is 4.57 Å². The fraction of sp³-hybridized carbons (Fsp3) is 0. The fourth-order valence-corrected chi connectivity index (χ4v) is 8.35. The van der Waals surface area contributed by atoms with Gasteiger partial charge in [-0.2, -0.15) is 0 Å². The normalized spacial score (nSPS) is 11.6. The number of hydrogen-bond acceptors (Lipinski definition) is 2. The van der Waals surface area contributed by atoms with Crippen molar-refractivity contribution in [3.05, 3.63) is 200 Å². The van der Waals surface area contributed by atoms with Crippen molar-refractivity contribution in [2.75, 3.05) is 0 Å². The molecular weight excluding hydrogens is 667 g/mol. The SMILES string of the molecule is c1cc(-c2ccc(-c3ccc(-c4cnc5c6ccccc6c6ccccc6c5n4)cc3)cc2)cc(-c2cccc(-n3c4ccccc4c4ccccc43)c2)c1. The highest BCUT2D eigenvalue weighted by Gasteiger charge is 2.14. The first-order valence-corrected chi connectivity index (χ1v) is 18.7. The number of benzene rings is 9. The van der Waals surface area contributed by atoms with Crippen LogP contribution in [0.3, 0.4) is 0 Å². The Kier molecular flexibility index (Phi) is 7.17. The van der Waals surface area contributed by atoms with E-state index in [1.807, 2.05) is 6.20 Å². The van der Waals surface area contributed by atoms with Crippen molar-refractivity contribution < 1.29 is 0 Å². The highest BCUT2D eigenvalue weighted by molar-refractivity contribution is 6.23. The molecule has 0 saturated carbocycles. The molecule has 0 amide bonds. The van der Waals surface area contributed by atoms with E-state index in [1.165, 1.54) is 60.4 Å². The second-order valence-electron chi connectivity index (χ2n) is 14.2. The van der Waals surface area contributed by atoms with E-state index in [1.54, 1.807) is 0 Å². The molecule has 3 heteroatoms. The van der Waals surface area contributed by atoms with Crippen LogP contribution in [0.5, 0.6) is 0 Å². The van der Waals surface area contributed by atoms with Gasteiger partial charge in [-0.1, -0.05) is 164 Å². The summed E-state index contributed by atoms with van der Waals surface area (Å²) in [6.45, 7) is 0. The van der Waals surface area contributed by atoms with E-state index in [0.29, 0.717) is 0 Å². The van der Waals surface area contributed by atoms with Gasteiger partial charge in [0.05, 0.1) is 34.0 Å². The molecule has 11 rings (SSSR count). The molecule has 11 aromatic rings. The first-order chi connectivity index (χ1) is 27.3. The van der Waals surface area contributed by atoms with Gasteiger partial charge in [0.15, 0.2) is 0 Å². The smallest absolute Gasteiger partial charge is 0.0979 e. The predicted octanol–water partition coefficient (Wildman–Crippen LogP) is 13.7. The molecule has 0 radical (unpaired) electrons. The molecule has 2 aromatic heterocycles. The third-order valence-corrected chi connectivity index (χ3v) is 11.0. The summed E-state index contributed by atoms with van der Waals surface area (Å²) in [5.41, 5.74) is 14.5. The monoisotopic (exact) mass is 699 g/mol. The van der Waals surface area contributed by atoms with Gasteiger partial charge >= 0.3 is 0 Å². The quantitative estimate of drug-likeness (QED) is 0.167. The van der Waals surface area contributed by atoms with Crippen LogP contribution in [0.15, 0.2) is 200 Å². The Labute approximate surface area is 318 Å². The molecule has 0 unspecified atom stereocenters. The molecule has 0 aliphatic heterocycles. The third-order valence-electron chi connectivity index (χ3n) is 11.0. The minimum atomic E-state index is 0.871. The minimum Gasteiger partial charge on any atom is -0.309 e.